The molecule has 2 aromatic heterocycles. The highest BCUT2D eigenvalue weighted by Crippen LogP contribution is 2.17. The average Bonchev–Trinajstić information content (AvgIpc) is 2.81. The van der Waals surface area contributed by atoms with Gasteiger partial charge in [-0.1, -0.05) is 13.8 Å². The average molecular weight is 280 g/mol. The lowest BCUT2D eigenvalue weighted by atomic mass is 10.1. The van der Waals surface area contributed by atoms with Gasteiger partial charge in [-0.15, -0.1) is 0 Å². The molecule has 1 N–H and O–H groups in total. The first-order valence-electron chi connectivity index (χ1n) is 6.70. The van der Waals surface area contributed by atoms with Crippen molar-refractivity contribution in [2.24, 2.45) is 0 Å². The molecule has 2 rings (SSSR count). The van der Waals surface area contributed by atoms with Crippen LogP contribution in [0.4, 0.5) is 0 Å². The van der Waals surface area contributed by atoms with E-state index >= 15 is 0 Å². The zero-order valence-corrected chi connectivity index (χ0v) is 13.1. The van der Waals surface area contributed by atoms with Crippen LogP contribution in [-0.2, 0) is 12.2 Å². The molecule has 2 heterocycles. The molecular weight excluding hydrogens is 256 g/mol. The first kappa shape index (κ1) is 16.1. The Bertz CT molecular complexity index is 494. The minimum absolute atomic E-state index is 0.648. The SMILES string of the molecule is CC.CN(C)CCc1ccn2ccc(CSO)cc12. The highest BCUT2D eigenvalue weighted by Gasteiger charge is 2.04. The summed E-state index contributed by atoms with van der Waals surface area (Å²) < 4.78 is 11.0. The Morgan fingerprint density at radius 2 is 1.89 bits per heavy atom. The van der Waals surface area contributed by atoms with Crippen molar-refractivity contribution in [3.63, 3.8) is 0 Å². The van der Waals surface area contributed by atoms with Crippen LogP contribution < -0.4 is 0 Å². The van der Waals surface area contributed by atoms with Crippen LogP contribution in [0, 0.1) is 0 Å². The zero-order valence-electron chi connectivity index (χ0n) is 12.3. The molecule has 0 radical (unpaired) electrons. The maximum Gasteiger partial charge on any atom is 0.0485 e. The Morgan fingerprint density at radius 1 is 1.21 bits per heavy atom. The molecule has 0 aromatic carbocycles. The maximum absolute atomic E-state index is 8.89. The zero-order chi connectivity index (χ0) is 14.3. The summed E-state index contributed by atoms with van der Waals surface area (Å²) in [6, 6.07) is 6.38. The van der Waals surface area contributed by atoms with Crippen molar-refractivity contribution >= 4 is 17.6 Å². The fourth-order valence-corrected chi connectivity index (χ4v) is 2.25. The van der Waals surface area contributed by atoms with Crippen molar-refractivity contribution in [2.75, 3.05) is 20.6 Å². The Kier molecular flexibility index (Phi) is 6.99. The summed E-state index contributed by atoms with van der Waals surface area (Å²) in [5.74, 6) is 0.648. The van der Waals surface area contributed by atoms with Gasteiger partial charge < -0.3 is 13.9 Å². The number of rotatable bonds is 5. The van der Waals surface area contributed by atoms with Crippen LogP contribution in [0.5, 0.6) is 0 Å². The van der Waals surface area contributed by atoms with E-state index in [2.05, 4.69) is 47.9 Å². The third-order valence-corrected chi connectivity index (χ3v) is 3.34. The predicted octanol–water partition coefficient (Wildman–Crippen LogP) is 3.78. The Morgan fingerprint density at radius 3 is 2.53 bits per heavy atom. The summed E-state index contributed by atoms with van der Waals surface area (Å²) in [7, 11) is 4.18. The van der Waals surface area contributed by atoms with Crippen LogP contribution in [0.15, 0.2) is 30.6 Å². The van der Waals surface area contributed by atoms with Crippen LogP contribution in [0.2, 0.25) is 0 Å². The Balaban J connectivity index is 0.000000861. The topological polar surface area (TPSA) is 27.9 Å². The van der Waals surface area contributed by atoms with Gasteiger partial charge in [0.25, 0.3) is 0 Å². The van der Waals surface area contributed by atoms with Crippen molar-refractivity contribution in [2.45, 2.75) is 26.0 Å². The van der Waals surface area contributed by atoms with Gasteiger partial charge in [0.15, 0.2) is 0 Å². The van der Waals surface area contributed by atoms with Crippen LogP contribution in [0.1, 0.15) is 25.0 Å². The van der Waals surface area contributed by atoms with E-state index in [-0.39, 0.29) is 0 Å². The van der Waals surface area contributed by atoms with Gasteiger partial charge in [-0.25, -0.2) is 0 Å². The van der Waals surface area contributed by atoms with E-state index in [1.165, 1.54) is 11.1 Å². The third kappa shape index (κ3) is 4.56. The molecule has 0 amide bonds. The van der Waals surface area contributed by atoms with E-state index in [1.807, 2.05) is 19.9 Å². The number of fused-ring (bicyclic) bond motifs is 1. The molecule has 4 heteroatoms. The Hall–Kier alpha value is -0.970. The van der Waals surface area contributed by atoms with Crippen molar-refractivity contribution < 1.29 is 4.55 Å². The molecule has 0 bridgehead atoms. The van der Waals surface area contributed by atoms with Crippen molar-refractivity contribution in [3.05, 3.63) is 41.7 Å². The molecule has 0 aliphatic heterocycles. The molecule has 0 unspecified atom stereocenters. The first-order valence-corrected chi connectivity index (χ1v) is 7.64. The number of hydrogen-bond donors (Lipinski definition) is 1. The standard InChI is InChI=1S/C13H18N2OS.C2H6/c1-14(2)6-4-12-5-8-15-7-3-11(10-17-16)9-13(12)15;1-2/h3,5,7-9,16H,4,6,10H2,1-2H3;1-2H3. The summed E-state index contributed by atoms with van der Waals surface area (Å²) in [5, 5.41) is 0. The highest BCUT2D eigenvalue weighted by molar-refractivity contribution is 7.92. The molecule has 2 aromatic rings. The molecule has 3 nitrogen and oxygen atoms in total. The number of nitrogens with zero attached hydrogens (tertiary/aromatic N) is 2. The fraction of sp³-hybridized carbons (Fsp3) is 0.467. The fourth-order valence-electron chi connectivity index (χ4n) is 1.92. The molecule has 0 spiro atoms. The third-order valence-electron chi connectivity index (χ3n) is 2.87. The number of likely N-dealkylation sites (N-methyl/N-ethyl adjacent to an activating group) is 1. The molecule has 19 heavy (non-hydrogen) atoms. The van der Waals surface area contributed by atoms with E-state index in [9.17, 15) is 0 Å². The lowest BCUT2D eigenvalue weighted by Crippen LogP contribution is -2.14. The minimum Gasteiger partial charge on any atom is -0.330 e. The van der Waals surface area contributed by atoms with E-state index in [4.69, 9.17) is 4.55 Å². The molecule has 0 aliphatic carbocycles. The molecule has 0 saturated carbocycles. The van der Waals surface area contributed by atoms with Crippen molar-refractivity contribution in [3.8, 4) is 0 Å². The largest absolute Gasteiger partial charge is 0.330 e. The molecule has 0 atom stereocenters. The molecule has 0 saturated heterocycles. The van der Waals surface area contributed by atoms with Gasteiger partial charge in [0.2, 0.25) is 0 Å². The molecule has 0 fully saturated rings. The minimum atomic E-state index is 0.648. The summed E-state index contributed by atoms with van der Waals surface area (Å²) in [6.45, 7) is 5.05. The van der Waals surface area contributed by atoms with Gasteiger partial charge >= 0.3 is 0 Å². The molecule has 106 valence electrons. The van der Waals surface area contributed by atoms with E-state index in [1.54, 1.807) is 0 Å². The molecular formula is C15H24N2OS. The van der Waals surface area contributed by atoms with Crippen LogP contribution in [0.3, 0.4) is 0 Å². The van der Waals surface area contributed by atoms with Crippen molar-refractivity contribution in [1.29, 1.82) is 0 Å². The summed E-state index contributed by atoms with van der Waals surface area (Å²) in [6.07, 6.45) is 5.20. The molecule has 0 aliphatic rings. The smallest absolute Gasteiger partial charge is 0.0485 e. The number of pyridine rings is 1. The van der Waals surface area contributed by atoms with E-state index in [0.29, 0.717) is 5.75 Å². The quantitative estimate of drug-likeness (QED) is 0.845. The van der Waals surface area contributed by atoms with Gasteiger partial charge in [-0.2, -0.15) is 0 Å². The van der Waals surface area contributed by atoms with Gasteiger partial charge in [-0.05, 0) is 61.9 Å². The summed E-state index contributed by atoms with van der Waals surface area (Å²) in [4.78, 5) is 2.19. The second-order valence-corrected chi connectivity index (χ2v) is 5.04. The summed E-state index contributed by atoms with van der Waals surface area (Å²) in [5.41, 5.74) is 3.77. The first-order chi connectivity index (χ1) is 9.20. The van der Waals surface area contributed by atoms with Crippen LogP contribution in [-0.4, -0.2) is 34.5 Å². The summed E-state index contributed by atoms with van der Waals surface area (Å²) >= 11 is 0.873. The normalized spacial score (nSPS) is 10.6. The van der Waals surface area contributed by atoms with Gasteiger partial charge in [0.05, 0.1) is 0 Å². The lowest BCUT2D eigenvalue weighted by Gasteiger charge is -2.08. The number of hydrogen-bond acceptors (Lipinski definition) is 3. The van der Waals surface area contributed by atoms with E-state index < -0.39 is 0 Å². The van der Waals surface area contributed by atoms with Crippen molar-refractivity contribution in [1.82, 2.24) is 9.30 Å². The van der Waals surface area contributed by atoms with E-state index in [0.717, 1.165) is 30.6 Å². The van der Waals surface area contributed by atoms with Gasteiger partial charge in [0, 0.05) is 30.2 Å². The van der Waals surface area contributed by atoms with Crippen LogP contribution in [0.25, 0.3) is 5.52 Å². The predicted molar refractivity (Wildman–Crippen MR) is 84.9 cm³/mol. The Labute approximate surface area is 120 Å². The second-order valence-electron chi connectivity index (χ2n) is 4.50. The highest BCUT2D eigenvalue weighted by atomic mass is 32.2. The number of aromatic nitrogens is 1. The van der Waals surface area contributed by atoms with Gasteiger partial charge in [-0.3, -0.25) is 0 Å². The monoisotopic (exact) mass is 280 g/mol. The maximum atomic E-state index is 8.89. The second kappa shape index (κ2) is 8.25. The lowest BCUT2D eigenvalue weighted by molar-refractivity contribution is 0.414. The van der Waals surface area contributed by atoms with Gasteiger partial charge in [0.1, 0.15) is 0 Å². The van der Waals surface area contributed by atoms with Crippen LogP contribution >= 0.6 is 12.0 Å².